The minimum Gasteiger partial charge on any atom is -0.493 e. The molecule has 0 saturated carbocycles. The van der Waals surface area contributed by atoms with Crippen LogP contribution >= 0.6 is 0 Å². The average Bonchev–Trinajstić information content (AvgIpc) is 2.80. The Morgan fingerprint density at radius 3 is 2.39 bits per heavy atom. The standard InChI is InChI=1S/C25H27FN2O3/c1-4-14-28(24(29)16-18-7-12-22(30-2)23(15-18)31-3)25(20-6-5-13-27-17-20)19-8-10-21(26)11-9-19/h5-13,15,17,25H,4,14,16H2,1-3H3. The molecule has 1 unspecified atom stereocenters. The summed E-state index contributed by atoms with van der Waals surface area (Å²) in [7, 11) is 3.15. The van der Waals surface area contributed by atoms with Gasteiger partial charge in [0.15, 0.2) is 11.5 Å². The number of hydrogen-bond acceptors (Lipinski definition) is 4. The van der Waals surface area contributed by atoms with Crippen molar-refractivity contribution in [2.75, 3.05) is 20.8 Å². The fourth-order valence-electron chi connectivity index (χ4n) is 3.64. The normalized spacial score (nSPS) is 11.6. The topological polar surface area (TPSA) is 51.7 Å². The van der Waals surface area contributed by atoms with Crippen molar-refractivity contribution in [1.29, 1.82) is 0 Å². The highest BCUT2D eigenvalue weighted by atomic mass is 19.1. The first-order chi connectivity index (χ1) is 15.1. The van der Waals surface area contributed by atoms with E-state index in [1.54, 1.807) is 44.8 Å². The minimum atomic E-state index is -0.359. The lowest BCUT2D eigenvalue weighted by Gasteiger charge is -2.32. The second-order valence-corrected chi connectivity index (χ2v) is 7.19. The zero-order valence-corrected chi connectivity index (χ0v) is 18.0. The molecular formula is C25H27FN2O3. The van der Waals surface area contributed by atoms with Crippen molar-refractivity contribution < 1.29 is 18.7 Å². The van der Waals surface area contributed by atoms with Gasteiger partial charge in [0.1, 0.15) is 5.82 Å². The van der Waals surface area contributed by atoms with E-state index >= 15 is 0 Å². The first kappa shape index (κ1) is 22.3. The lowest BCUT2D eigenvalue weighted by atomic mass is 9.97. The van der Waals surface area contributed by atoms with Crippen LogP contribution in [-0.2, 0) is 11.2 Å². The first-order valence-corrected chi connectivity index (χ1v) is 10.2. The maximum absolute atomic E-state index is 13.6. The number of amides is 1. The number of ether oxygens (including phenoxy) is 2. The summed E-state index contributed by atoms with van der Waals surface area (Å²) in [4.78, 5) is 19.5. The maximum atomic E-state index is 13.6. The van der Waals surface area contributed by atoms with Gasteiger partial charge in [-0.1, -0.05) is 31.2 Å². The van der Waals surface area contributed by atoms with Crippen LogP contribution in [-0.4, -0.2) is 36.6 Å². The number of carbonyl (C=O) groups excluding carboxylic acids is 1. The molecule has 0 aliphatic rings. The fourth-order valence-corrected chi connectivity index (χ4v) is 3.64. The Labute approximate surface area is 182 Å². The molecule has 162 valence electrons. The van der Waals surface area contributed by atoms with E-state index in [4.69, 9.17) is 9.47 Å². The van der Waals surface area contributed by atoms with Gasteiger partial charge >= 0.3 is 0 Å². The Kier molecular flexibility index (Phi) is 7.60. The zero-order chi connectivity index (χ0) is 22.2. The first-order valence-electron chi connectivity index (χ1n) is 10.2. The van der Waals surface area contributed by atoms with Gasteiger partial charge < -0.3 is 14.4 Å². The molecule has 1 aromatic heterocycles. The van der Waals surface area contributed by atoms with Gasteiger partial charge in [-0.25, -0.2) is 4.39 Å². The molecule has 1 heterocycles. The van der Waals surface area contributed by atoms with Crippen LogP contribution in [0.2, 0.25) is 0 Å². The molecule has 0 aliphatic heterocycles. The third-order valence-electron chi connectivity index (χ3n) is 5.09. The van der Waals surface area contributed by atoms with E-state index in [1.165, 1.54) is 12.1 Å². The van der Waals surface area contributed by atoms with Gasteiger partial charge in [-0.05, 0) is 53.4 Å². The zero-order valence-electron chi connectivity index (χ0n) is 18.0. The number of pyridine rings is 1. The van der Waals surface area contributed by atoms with E-state index in [-0.39, 0.29) is 24.2 Å². The Bertz CT molecular complexity index is 993. The predicted molar refractivity (Wildman–Crippen MR) is 118 cm³/mol. The summed E-state index contributed by atoms with van der Waals surface area (Å²) in [5.74, 6) is 0.848. The van der Waals surface area contributed by atoms with Crippen LogP contribution in [0.4, 0.5) is 4.39 Å². The number of carbonyl (C=O) groups is 1. The van der Waals surface area contributed by atoms with Gasteiger partial charge in [-0.2, -0.15) is 0 Å². The number of rotatable bonds is 9. The third-order valence-corrected chi connectivity index (χ3v) is 5.09. The second-order valence-electron chi connectivity index (χ2n) is 7.19. The second kappa shape index (κ2) is 10.6. The molecule has 1 amide bonds. The molecule has 31 heavy (non-hydrogen) atoms. The molecule has 0 spiro atoms. The number of halogens is 1. The number of benzene rings is 2. The van der Waals surface area contributed by atoms with Crippen LogP contribution in [0.15, 0.2) is 67.0 Å². The van der Waals surface area contributed by atoms with E-state index < -0.39 is 0 Å². The van der Waals surface area contributed by atoms with Gasteiger partial charge in [0.2, 0.25) is 5.91 Å². The monoisotopic (exact) mass is 422 g/mol. The highest BCUT2D eigenvalue weighted by molar-refractivity contribution is 5.80. The molecule has 3 rings (SSSR count). The average molecular weight is 423 g/mol. The van der Waals surface area contributed by atoms with E-state index in [1.807, 2.05) is 36.1 Å². The van der Waals surface area contributed by atoms with E-state index in [2.05, 4.69) is 4.98 Å². The van der Waals surface area contributed by atoms with Crippen molar-refractivity contribution in [1.82, 2.24) is 9.88 Å². The van der Waals surface area contributed by atoms with Crippen LogP contribution in [0.1, 0.15) is 36.1 Å². The molecule has 6 heteroatoms. The molecule has 0 radical (unpaired) electrons. The van der Waals surface area contributed by atoms with Crippen molar-refractivity contribution in [3.8, 4) is 11.5 Å². The molecule has 5 nitrogen and oxygen atoms in total. The fraction of sp³-hybridized carbons (Fsp3) is 0.280. The summed E-state index contributed by atoms with van der Waals surface area (Å²) in [6, 6.07) is 15.2. The van der Waals surface area contributed by atoms with Gasteiger partial charge in [-0.15, -0.1) is 0 Å². The van der Waals surface area contributed by atoms with E-state index in [9.17, 15) is 9.18 Å². The summed E-state index contributed by atoms with van der Waals surface area (Å²) in [6.07, 6.45) is 4.44. The van der Waals surface area contributed by atoms with Crippen LogP contribution in [0.3, 0.4) is 0 Å². The van der Waals surface area contributed by atoms with Crippen LogP contribution < -0.4 is 9.47 Å². The highest BCUT2D eigenvalue weighted by Crippen LogP contribution is 2.31. The molecule has 2 aromatic carbocycles. The van der Waals surface area contributed by atoms with Crippen molar-refractivity contribution in [3.05, 3.63) is 89.5 Å². The molecule has 3 aromatic rings. The third kappa shape index (κ3) is 5.40. The summed E-state index contributed by atoms with van der Waals surface area (Å²) in [5, 5.41) is 0. The molecule has 0 fully saturated rings. The van der Waals surface area contributed by atoms with Crippen LogP contribution in [0, 0.1) is 5.82 Å². The van der Waals surface area contributed by atoms with Crippen molar-refractivity contribution >= 4 is 5.91 Å². The van der Waals surface area contributed by atoms with Gasteiger partial charge in [0.25, 0.3) is 0 Å². The highest BCUT2D eigenvalue weighted by Gasteiger charge is 2.27. The van der Waals surface area contributed by atoms with E-state index in [0.717, 1.165) is 23.1 Å². The van der Waals surface area contributed by atoms with Gasteiger partial charge in [0.05, 0.1) is 26.7 Å². The Morgan fingerprint density at radius 1 is 1.03 bits per heavy atom. The number of hydrogen-bond donors (Lipinski definition) is 0. The summed E-state index contributed by atoms with van der Waals surface area (Å²) in [5.41, 5.74) is 2.54. The molecular weight excluding hydrogens is 395 g/mol. The molecule has 0 N–H and O–H groups in total. The lowest BCUT2D eigenvalue weighted by molar-refractivity contribution is -0.132. The SMILES string of the molecule is CCCN(C(=O)Cc1ccc(OC)c(OC)c1)C(c1ccc(F)cc1)c1cccnc1. The van der Waals surface area contributed by atoms with Crippen LogP contribution in [0.25, 0.3) is 0 Å². The lowest BCUT2D eigenvalue weighted by Crippen LogP contribution is -2.37. The molecule has 1 atom stereocenters. The minimum absolute atomic E-state index is 0.0350. The van der Waals surface area contributed by atoms with Crippen LogP contribution in [0.5, 0.6) is 11.5 Å². The van der Waals surface area contributed by atoms with E-state index in [0.29, 0.717) is 18.0 Å². The Hall–Kier alpha value is -3.41. The number of nitrogens with zero attached hydrogens (tertiary/aromatic N) is 2. The smallest absolute Gasteiger partial charge is 0.227 e. The number of aromatic nitrogens is 1. The predicted octanol–water partition coefficient (Wildman–Crippen LogP) is 4.81. The van der Waals surface area contributed by atoms with Gasteiger partial charge in [0, 0.05) is 18.9 Å². The molecule has 0 aliphatic carbocycles. The van der Waals surface area contributed by atoms with Crippen molar-refractivity contribution in [2.24, 2.45) is 0 Å². The largest absolute Gasteiger partial charge is 0.493 e. The summed E-state index contributed by atoms with van der Waals surface area (Å²) in [6.45, 7) is 2.59. The van der Waals surface area contributed by atoms with Crippen molar-refractivity contribution in [2.45, 2.75) is 25.8 Å². The Balaban J connectivity index is 1.96. The quantitative estimate of drug-likeness (QED) is 0.497. The maximum Gasteiger partial charge on any atom is 0.227 e. The van der Waals surface area contributed by atoms with Gasteiger partial charge in [-0.3, -0.25) is 9.78 Å². The molecule has 0 saturated heterocycles. The molecule has 0 bridgehead atoms. The van der Waals surface area contributed by atoms with Crippen molar-refractivity contribution in [3.63, 3.8) is 0 Å². The Morgan fingerprint density at radius 2 is 1.77 bits per heavy atom. The summed E-state index contributed by atoms with van der Waals surface area (Å²) >= 11 is 0. The number of methoxy groups -OCH3 is 2. The summed E-state index contributed by atoms with van der Waals surface area (Å²) < 4.78 is 24.2.